The smallest absolute Gasteiger partial charge is 0.244 e. The molecule has 2 aliphatic rings. The Balaban J connectivity index is 1.56. The van der Waals surface area contributed by atoms with Gasteiger partial charge >= 0.3 is 0 Å². The van der Waals surface area contributed by atoms with Crippen molar-refractivity contribution in [3.8, 4) is 5.75 Å². The molecule has 0 spiro atoms. The molecule has 0 amide bonds. The minimum Gasteiger partial charge on any atom is -0.495 e. The third-order valence-electron chi connectivity index (χ3n) is 6.58. The van der Waals surface area contributed by atoms with Crippen LogP contribution in [0.1, 0.15) is 19.8 Å². The lowest BCUT2D eigenvalue weighted by Crippen LogP contribution is -2.48. The number of rotatable bonds is 6. The Labute approximate surface area is 227 Å². The van der Waals surface area contributed by atoms with Crippen molar-refractivity contribution in [1.82, 2.24) is 8.61 Å². The molecule has 2 aliphatic heterocycles. The summed E-state index contributed by atoms with van der Waals surface area (Å²) in [5, 5.41) is 0.272. The van der Waals surface area contributed by atoms with E-state index in [-0.39, 0.29) is 37.9 Å². The number of anilines is 1. The first-order valence-corrected chi connectivity index (χ1v) is 15.5. The first-order chi connectivity index (χ1) is 16.9. The van der Waals surface area contributed by atoms with Crippen LogP contribution < -0.4 is 9.64 Å². The van der Waals surface area contributed by atoms with E-state index in [1.165, 1.54) is 27.9 Å². The molecule has 0 unspecified atom stereocenters. The van der Waals surface area contributed by atoms with Gasteiger partial charge in [-0.3, -0.25) is 0 Å². The number of hydrogen-bond donors (Lipinski definition) is 0. The third-order valence-corrected chi connectivity index (χ3v) is 11.5. The molecular weight excluding hydrogens is 569 g/mol. The lowest BCUT2D eigenvalue weighted by atomic mass is 10.0. The number of hydrogen-bond acceptors (Lipinski definition) is 6. The molecule has 4 rings (SSSR count). The van der Waals surface area contributed by atoms with Gasteiger partial charge in [0.1, 0.15) is 10.6 Å². The number of piperidine rings is 1. The van der Waals surface area contributed by atoms with Crippen molar-refractivity contribution < 1.29 is 21.6 Å². The van der Waals surface area contributed by atoms with Crippen molar-refractivity contribution in [2.75, 3.05) is 51.3 Å². The van der Waals surface area contributed by atoms with Gasteiger partial charge in [0, 0.05) is 39.3 Å². The predicted molar refractivity (Wildman–Crippen MR) is 143 cm³/mol. The molecule has 2 saturated heterocycles. The van der Waals surface area contributed by atoms with E-state index in [0.717, 1.165) is 12.8 Å². The summed E-state index contributed by atoms with van der Waals surface area (Å²) in [5.41, 5.74) is 0.605. The van der Waals surface area contributed by atoms with Gasteiger partial charge in [0.05, 0.1) is 32.8 Å². The topological polar surface area (TPSA) is 87.2 Å². The van der Waals surface area contributed by atoms with Gasteiger partial charge in [-0.2, -0.15) is 8.61 Å². The first-order valence-electron chi connectivity index (χ1n) is 11.5. The summed E-state index contributed by atoms with van der Waals surface area (Å²) in [4.78, 5) is 2.03. The van der Waals surface area contributed by atoms with Gasteiger partial charge in [-0.05, 0) is 49.1 Å². The van der Waals surface area contributed by atoms with E-state index in [9.17, 15) is 16.8 Å². The molecule has 13 heteroatoms. The quantitative estimate of drug-likeness (QED) is 0.454. The molecule has 0 N–H and O–H groups in total. The van der Waals surface area contributed by atoms with Crippen LogP contribution in [0, 0.1) is 5.92 Å². The van der Waals surface area contributed by atoms with Gasteiger partial charge in [-0.1, -0.05) is 41.7 Å². The Hall–Kier alpha value is -1.27. The van der Waals surface area contributed by atoms with Crippen molar-refractivity contribution in [2.45, 2.75) is 29.6 Å². The minimum atomic E-state index is -3.91. The van der Waals surface area contributed by atoms with Gasteiger partial charge in [0.15, 0.2) is 0 Å². The molecule has 2 fully saturated rings. The number of halogens is 3. The molecule has 36 heavy (non-hydrogen) atoms. The number of sulfonamides is 2. The highest BCUT2D eigenvalue weighted by atomic mass is 35.5. The van der Waals surface area contributed by atoms with Crippen molar-refractivity contribution in [1.29, 1.82) is 0 Å². The molecule has 0 aromatic heterocycles. The summed E-state index contributed by atoms with van der Waals surface area (Å²) >= 11 is 18.2. The zero-order valence-corrected chi connectivity index (χ0v) is 23.9. The molecule has 2 aromatic rings. The Morgan fingerprint density at radius 2 is 1.50 bits per heavy atom. The highest BCUT2D eigenvalue weighted by Crippen LogP contribution is 2.36. The number of piperazine rings is 1. The monoisotopic (exact) mass is 595 g/mol. The van der Waals surface area contributed by atoms with Crippen molar-refractivity contribution >= 4 is 60.5 Å². The maximum atomic E-state index is 13.3. The fourth-order valence-corrected chi connectivity index (χ4v) is 8.62. The summed E-state index contributed by atoms with van der Waals surface area (Å²) in [6.45, 7) is 4.06. The highest BCUT2D eigenvalue weighted by molar-refractivity contribution is 7.89. The van der Waals surface area contributed by atoms with Crippen LogP contribution in [0.5, 0.6) is 5.75 Å². The molecule has 2 heterocycles. The minimum absolute atomic E-state index is 0.00145. The zero-order valence-electron chi connectivity index (χ0n) is 20.0. The second-order valence-corrected chi connectivity index (χ2v) is 14.1. The molecular formula is C23H28Cl3N3O5S2. The Morgan fingerprint density at radius 1 is 0.833 bits per heavy atom. The number of ether oxygens (including phenoxy) is 1. The Bertz CT molecular complexity index is 1350. The summed E-state index contributed by atoms with van der Waals surface area (Å²) in [7, 11) is -6.04. The molecule has 2 aromatic carbocycles. The van der Waals surface area contributed by atoms with E-state index in [1.54, 1.807) is 18.2 Å². The molecule has 0 aliphatic carbocycles. The van der Waals surface area contributed by atoms with Crippen LogP contribution in [0.15, 0.2) is 40.1 Å². The fourth-order valence-electron chi connectivity index (χ4n) is 4.60. The predicted octanol–water partition coefficient (Wildman–Crippen LogP) is 4.59. The van der Waals surface area contributed by atoms with E-state index in [0.29, 0.717) is 43.5 Å². The highest BCUT2D eigenvalue weighted by Gasteiger charge is 2.33. The largest absolute Gasteiger partial charge is 0.495 e. The van der Waals surface area contributed by atoms with Crippen LogP contribution in [0.2, 0.25) is 15.1 Å². The van der Waals surface area contributed by atoms with E-state index < -0.39 is 20.0 Å². The normalized spacial score (nSPS) is 20.5. The van der Waals surface area contributed by atoms with Crippen molar-refractivity contribution in [2.24, 2.45) is 5.92 Å². The van der Waals surface area contributed by atoms with Crippen molar-refractivity contribution in [3.05, 3.63) is 45.4 Å². The summed E-state index contributed by atoms with van der Waals surface area (Å²) in [6.07, 6.45) is 1.85. The lowest BCUT2D eigenvalue weighted by Gasteiger charge is -2.36. The summed E-state index contributed by atoms with van der Waals surface area (Å²) in [5.74, 6) is 0.829. The summed E-state index contributed by atoms with van der Waals surface area (Å²) < 4.78 is 61.5. The van der Waals surface area contributed by atoms with Crippen LogP contribution >= 0.6 is 34.8 Å². The number of nitrogens with zero attached hydrogens (tertiary/aromatic N) is 3. The standard InChI is InChI=1S/C23H28Cl3N3O5S2/c1-16-4-3-7-29(15-16)35(30,31)17-5-6-22(34-2)21(12-17)27-8-10-28(11-9-27)36(32,33)23-14-19(25)18(24)13-20(23)26/h5-6,12-14,16H,3-4,7-11,15H2,1-2H3/t16-/m0/s1. The van der Waals surface area contributed by atoms with E-state index >= 15 is 0 Å². The van der Waals surface area contributed by atoms with Gasteiger partial charge in [0.25, 0.3) is 0 Å². The van der Waals surface area contributed by atoms with Crippen LogP contribution in [-0.4, -0.2) is 71.8 Å². The van der Waals surface area contributed by atoms with Gasteiger partial charge in [-0.25, -0.2) is 16.8 Å². The number of benzene rings is 2. The number of methoxy groups -OCH3 is 1. The SMILES string of the molecule is COc1ccc(S(=O)(=O)N2CCC[C@H](C)C2)cc1N1CCN(S(=O)(=O)c2cc(Cl)c(Cl)cc2Cl)CC1. The molecule has 0 saturated carbocycles. The fraction of sp³-hybridized carbons (Fsp3) is 0.478. The van der Waals surface area contributed by atoms with E-state index in [2.05, 4.69) is 6.92 Å². The van der Waals surface area contributed by atoms with Gasteiger partial charge < -0.3 is 9.64 Å². The second kappa shape index (κ2) is 10.8. The average Bonchev–Trinajstić information content (AvgIpc) is 2.85. The molecule has 1 atom stereocenters. The summed E-state index contributed by atoms with van der Waals surface area (Å²) in [6, 6.07) is 7.40. The maximum Gasteiger partial charge on any atom is 0.244 e. The zero-order chi connectivity index (χ0) is 26.3. The van der Waals surface area contributed by atoms with Crippen molar-refractivity contribution in [3.63, 3.8) is 0 Å². The average molecular weight is 597 g/mol. The maximum absolute atomic E-state index is 13.3. The van der Waals surface area contributed by atoms with Gasteiger partial charge in [0.2, 0.25) is 20.0 Å². The molecule has 198 valence electrons. The molecule has 8 nitrogen and oxygen atoms in total. The first kappa shape index (κ1) is 27.8. The van der Waals surface area contributed by atoms with Crippen LogP contribution in [0.25, 0.3) is 0 Å². The lowest BCUT2D eigenvalue weighted by molar-refractivity contribution is 0.281. The van der Waals surface area contributed by atoms with Crippen LogP contribution in [0.4, 0.5) is 5.69 Å². The van der Waals surface area contributed by atoms with Crippen LogP contribution in [-0.2, 0) is 20.0 Å². The molecule has 0 radical (unpaired) electrons. The third kappa shape index (κ3) is 5.45. The Morgan fingerprint density at radius 3 is 2.14 bits per heavy atom. The van der Waals surface area contributed by atoms with E-state index in [1.807, 2.05) is 4.90 Å². The van der Waals surface area contributed by atoms with Crippen LogP contribution in [0.3, 0.4) is 0 Å². The van der Waals surface area contributed by atoms with Gasteiger partial charge in [-0.15, -0.1) is 0 Å². The second-order valence-electron chi connectivity index (χ2n) is 9.03. The Kier molecular flexibility index (Phi) is 8.36. The molecule has 0 bridgehead atoms. The van der Waals surface area contributed by atoms with E-state index in [4.69, 9.17) is 39.5 Å².